The van der Waals surface area contributed by atoms with Gasteiger partial charge in [0.25, 0.3) is 0 Å². The summed E-state index contributed by atoms with van der Waals surface area (Å²) < 4.78 is 13.1. The van der Waals surface area contributed by atoms with E-state index in [1.165, 1.54) is 0 Å². The number of phenols is 1. The quantitative estimate of drug-likeness (QED) is 0.778. The van der Waals surface area contributed by atoms with Crippen molar-refractivity contribution in [3.05, 3.63) is 27.5 Å². The van der Waals surface area contributed by atoms with Crippen molar-refractivity contribution in [1.29, 1.82) is 0 Å². The van der Waals surface area contributed by atoms with Crippen LogP contribution in [0, 0.1) is 5.82 Å². The highest BCUT2D eigenvalue weighted by Gasteiger charge is 2.19. The summed E-state index contributed by atoms with van der Waals surface area (Å²) >= 11 is 11.3. The van der Waals surface area contributed by atoms with Crippen LogP contribution in [0.15, 0.2) is 6.07 Å². The molecule has 1 atom stereocenters. The number of nitrogens with two attached hydrogens (primary N) is 1. The molecule has 0 saturated carbocycles. The number of benzene rings is 1. The number of phenolic OH excluding ortho intramolecular Hbond substituents is 1. The van der Waals surface area contributed by atoms with Gasteiger partial charge in [0.15, 0.2) is 0 Å². The second kappa shape index (κ2) is 4.34. The largest absolute Gasteiger partial charge is 0.506 e. The summed E-state index contributed by atoms with van der Waals surface area (Å²) in [6, 6.07) is 0.978. The molecule has 0 aliphatic heterocycles. The molecule has 5 heteroatoms. The standard InChI is InChI=1S/C9H10Cl2FNO/c1-4(3-13)7-8(11)6(12)2-5(10)9(7)14/h2,4,14H,3,13H2,1H3. The van der Waals surface area contributed by atoms with Crippen LogP contribution >= 0.6 is 23.2 Å². The lowest BCUT2D eigenvalue weighted by atomic mass is 10.00. The van der Waals surface area contributed by atoms with Gasteiger partial charge in [0.05, 0.1) is 10.0 Å². The highest BCUT2D eigenvalue weighted by molar-refractivity contribution is 6.35. The first-order valence-corrected chi connectivity index (χ1v) is 4.81. The normalized spacial score (nSPS) is 12.9. The Labute approximate surface area is 91.4 Å². The Morgan fingerprint density at radius 1 is 1.57 bits per heavy atom. The smallest absolute Gasteiger partial charge is 0.143 e. The molecule has 0 aromatic heterocycles. The molecule has 0 spiro atoms. The van der Waals surface area contributed by atoms with E-state index in [4.69, 9.17) is 28.9 Å². The molecule has 1 aromatic rings. The molecule has 1 aromatic carbocycles. The lowest BCUT2D eigenvalue weighted by Gasteiger charge is -2.14. The molecule has 0 aliphatic rings. The van der Waals surface area contributed by atoms with Crippen LogP contribution in [0.25, 0.3) is 0 Å². The second-order valence-corrected chi connectivity index (χ2v) is 3.84. The van der Waals surface area contributed by atoms with Crippen LogP contribution in [0.2, 0.25) is 10.0 Å². The van der Waals surface area contributed by atoms with E-state index in [0.717, 1.165) is 6.07 Å². The van der Waals surface area contributed by atoms with E-state index in [-0.39, 0.29) is 33.8 Å². The maximum atomic E-state index is 13.1. The fraction of sp³-hybridized carbons (Fsp3) is 0.333. The van der Waals surface area contributed by atoms with Crippen molar-refractivity contribution >= 4 is 23.2 Å². The molecule has 14 heavy (non-hydrogen) atoms. The molecule has 2 nitrogen and oxygen atoms in total. The van der Waals surface area contributed by atoms with Gasteiger partial charge in [0.2, 0.25) is 0 Å². The number of rotatable bonds is 2. The maximum absolute atomic E-state index is 13.1. The van der Waals surface area contributed by atoms with Crippen LogP contribution in [0.4, 0.5) is 4.39 Å². The summed E-state index contributed by atoms with van der Waals surface area (Å²) in [6.07, 6.45) is 0. The first-order chi connectivity index (χ1) is 6.49. The second-order valence-electron chi connectivity index (χ2n) is 3.05. The Morgan fingerprint density at radius 3 is 2.64 bits per heavy atom. The van der Waals surface area contributed by atoms with Gasteiger partial charge < -0.3 is 10.8 Å². The predicted octanol–water partition coefficient (Wildman–Crippen LogP) is 2.90. The molecule has 0 heterocycles. The van der Waals surface area contributed by atoms with E-state index in [0.29, 0.717) is 0 Å². The third-order valence-electron chi connectivity index (χ3n) is 2.03. The van der Waals surface area contributed by atoms with Gasteiger partial charge in [0, 0.05) is 5.56 Å². The first kappa shape index (κ1) is 11.6. The molecule has 1 rings (SSSR count). The fourth-order valence-corrected chi connectivity index (χ4v) is 1.70. The zero-order valence-corrected chi connectivity index (χ0v) is 9.03. The van der Waals surface area contributed by atoms with Gasteiger partial charge >= 0.3 is 0 Å². The van der Waals surface area contributed by atoms with Crippen LogP contribution < -0.4 is 5.73 Å². The van der Waals surface area contributed by atoms with E-state index < -0.39 is 5.82 Å². The molecular formula is C9H10Cl2FNO. The highest BCUT2D eigenvalue weighted by Crippen LogP contribution is 2.39. The molecule has 0 amide bonds. The van der Waals surface area contributed by atoms with Crippen molar-refractivity contribution in [2.75, 3.05) is 6.54 Å². The van der Waals surface area contributed by atoms with E-state index in [1.54, 1.807) is 6.92 Å². The molecular weight excluding hydrogens is 228 g/mol. The fourth-order valence-electron chi connectivity index (χ4n) is 1.17. The van der Waals surface area contributed by atoms with Gasteiger partial charge in [0.1, 0.15) is 11.6 Å². The molecule has 0 fully saturated rings. The SMILES string of the molecule is CC(CN)c1c(O)c(Cl)cc(F)c1Cl. The van der Waals surface area contributed by atoms with Gasteiger partial charge in [-0.2, -0.15) is 0 Å². The number of hydrogen-bond acceptors (Lipinski definition) is 2. The Balaban J connectivity index is 3.39. The summed E-state index contributed by atoms with van der Waals surface area (Å²) in [5, 5.41) is 9.39. The lowest BCUT2D eigenvalue weighted by Crippen LogP contribution is -2.10. The minimum atomic E-state index is -0.648. The molecule has 0 bridgehead atoms. The summed E-state index contributed by atoms with van der Waals surface area (Å²) in [5.41, 5.74) is 5.67. The van der Waals surface area contributed by atoms with Gasteiger partial charge in [-0.15, -0.1) is 0 Å². The van der Waals surface area contributed by atoms with Gasteiger partial charge in [-0.25, -0.2) is 4.39 Å². The lowest BCUT2D eigenvalue weighted by molar-refractivity contribution is 0.461. The Bertz CT molecular complexity index is 331. The Kier molecular flexibility index (Phi) is 3.59. The van der Waals surface area contributed by atoms with Gasteiger partial charge in [-0.3, -0.25) is 0 Å². The number of hydrogen-bond donors (Lipinski definition) is 2. The Hall–Kier alpha value is -0.510. The summed E-state index contributed by atoms with van der Waals surface area (Å²) in [5.74, 6) is -1.09. The van der Waals surface area contributed by atoms with Crippen LogP contribution in [0.1, 0.15) is 18.4 Å². The van der Waals surface area contributed by atoms with Crippen LogP contribution in [0.5, 0.6) is 5.75 Å². The highest BCUT2D eigenvalue weighted by atomic mass is 35.5. The zero-order chi connectivity index (χ0) is 10.9. The van der Waals surface area contributed by atoms with Crippen molar-refractivity contribution < 1.29 is 9.50 Å². The van der Waals surface area contributed by atoms with Crippen LogP contribution in [-0.2, 0) is 0 Å². The van der Waals surface area contributed by atoms with Crippen molar-refractivity contribution in [1.82, 2.24) is 0 Å². The summed E-state index contributed by atoms with van der Waals surface area (Å²) in [4.78, 5) is 0. The molecule has 0 saturated heterocycles. The predicted molar refractivity (Wildman–Crippen MR) is 55.6 cm³/mol. The van der Waals surface area contributed by atoms with Gasteiger partial charge in [-0.05, 0) is 18.5 Å². The average Bonchev–Trinajstić information content (AvgIpc) is 2.15. The zero-order valence-electron chi connectivity index (χ0n) is 7.52. The van der Waals surface area contributed by atoms with Crippen LogP contribution in [0.3, 0.4) is 0 Å². The van der Waals surface area contributed by atoms with Crippen molar-refractivity contribution in [2.24, 2.45) is 5.73 Å². The third kappa shape index (κ3) is 1.95. The molecule has 78 valence electrons. The van der Waals surface area contributed by atoms with E-state index in [2.05, 4.69) is 0 Å². The summed E-state index contributed by atoms with van der Waals surface area (Å²) in [7, 11) is 0. The third-order valence-corrected chi connectivity index (χ3v) is 2.70. The minimum absolute atomic E-state index is 0.0535. The van der Waals surface area contributed by atoms with Crippen molar-refractivity contribution in [3.8, 4) is 5.75 Å². The van der Waals surface area contributed by atoms with Crippen molar-refractivity contribution in [3.63, 3.8) is 0 Å². The van der Waals surface area contributed by atoms with E-state index in [1.807, 2.05) is 0 Å². The van der Waals surface area contributed by atoms with Crippen molar-refractivity contribution in [2.45, 2.75) is 12.8 Å². The number of halogens is 3. The minimum Gasteiger partial charge on any atom is -0.506 e. The van der Waals surface area contributed by atoms with Crippen LogP contribution in [-0.4, -0.2) is 11.7 Å². The van der Waals surface area contributed by atoms with E-state index >= 15 is 0 Å². The monoisotopic (exact) mass is 237 g/mol. The summed E-state index contributed by atoms with van der Waals surface area (Å²) in [6.45, 7) is 1.99. The number of aromatic hydroxyl groups is 1. The maximum Gasteiger partial charge on any atom is 0.143 e. The topological polar surface area (TPSA) is 46.2 Å². The average molecular weight is 238 g/mol. The van der Waals surface area contributed by atoms with Gasteiger partial charge in [-0.1, -0.05) is 30.1 Å². The molecule has 3 N–H and O–H groups in total. The molecule has 1 unspecified atom stereocenters. The Morgan fingerprint density at radius 2 is 2.14 bits per heavy atom. The van der Waals surface area contributed by atoms with E-state index in [9.17, 15) is 9.50 Å². The first-order valence-electron chi connectivity index (χ1n) is 4.05. The molecule has 0 radical (unpaired) electrons. The molecule has 0 aliphatic carbocycles.